The molecule has 0 saturated carbocycles. The standard InChI is InChI=1S/C29H50N6O9/c1-7-15(4)21(31-24(38)18-10-8-12-34(18)27(41)20(30)14(2)3)26(40)32-22(16(5)36)28(42)35-13-9-11-19(35)25(39)33-23(17(6)37)29(43)44/h14-23,36-37H,7-13,30H2,1-6H3,(H,31,38)(H,32,40)(H,33,39)(H,43,44)/t15-,16+,17+,18-,19-,20-,21-,22-,23-/m0/s1. The SMILES string of the molecule is CC[C@H](C)[C@H](NC(=O)[C@@H]1CCCN1C(=O)[C@@H](N)C(C)C)C(=O)N[C@H](C(=O)N1CCC[C@H]1C(=O)N[C@H](C(=O)O)[C@@H](C)O)[C@@H](C)O. The van der Waals surface area contributed by atoms with E-state index in [9.17, 15) is 44.1 Å². The minimum Gasteiger partial charge on any atom is -0.480 e. The molecule has 0 bridgehead atoms. The van der Waals surface area contributed by atoms with Gasteiger partial charge in [0.25, 0.3) is 0 Å². The molecule has 0 aromatic carbocycles. The number of likely N-dealkylation sites (tertiary alicyclic amines) is 2. The first-order valence-electron chi connectivity index (χ1n) is 15.4. The van der Waals surface area contributed by atoms with E-state index in [0.717, 1.165) is 0 Å². The van der Waals surface area contributed by atoms with Crippen molar-refractivity contribution in [3.8, 4) is 0 Å². The molecule has 2 aliphatic rings. The Morgan fingerprint density at radius 3 is 1.61 bits per heavy atom. The van der Waals surface area contributed by atoms with Crippen LogP contribution in [0.4, 0.5) is 0 Å². The number of nitrogens with zero attached hydrogens (tertiary/aromatic N) is 2. The van der Waals surface area contributed by atoms with Gasteiger partial charge in [-0.25, -0.2) is 4.79 Å². The third-order valence-electron chi connectivity index (χ3n) is 8.57. The topological polar surface area (TPSA) is 232 Å². The molecule has 0 aliphatic carbocycles. The number of carbonyl (C=O) groups is 6. The Hall–Kier alpha value is -3.30. The number of nitrogens with one attached hydrogen (secondary N) is 3. The smallest absolute Gasteiger partial charge is 0.328 e. The summed E-state index contributed by atoms with van der Waals surface area (Å²) >= 11 is 0. The summed E-state index contributed by atoms with van der Waals surface area (Å²) in [5, 5.41) is 37.1. The second kappa shape index (κ2) is 16.1. The highest BCUT2D eigenvalue weighted by molar-refractivity contribution is 5.97. The Bertz CT molecular complexity index is 1070. The van der Waals surface area contributed by atoms with Crippen molar-refractivity contribution in [2.24, 2.45) is 17.6 Å². The number of aliphatic hydroxyl groups excluding tert-OH is 2. The number of aliphatic carboxylic acids is 1. The number of carbonyl (C=O) groups excluding carboxylic acids is 5. The van der Waals surface area contributed by atoms with Crippen LogP contribution in [0.3, 0.4) is 0 Å². The predicted octanol–water partition coefficient (Wildman–Crippen LogP) is -1.70. The van der Waals surface area contributed by atoms with Crippen molar-refractivity contribution >= 4 is 35.5 Å². The molecule has 2 fully saturated rings. The second-order valence-electron chi connectivity index (χ2n) is 12.3. The first-order chi connectivity index (χ1) is 20.5. The zero-order valence-electron chi connectivity index (χ0n) is 26.5. The van der Waals surface area contributed by atoms with E-state index in [1.807, 2.05) is 20.8 Å². The van der Waals surface area contributed by atoms with Crippen LogP contribution in [0.1, 0.15) is 73.6 Å². The van der Waals surface area contributed by atoms with E-state index in [1.54, 1.807) is 6.92 Å². The number of nitrogens with two attached hydrogens (primary N) is 1. The number of hydrogen-bond donors (Lipinski definition) is 7. The molecule has 0 spiro atoms. The van der Waals surface area contributed by atoms with Gasteiger partial charge in [0.05, 0.1) is 18.2 Å². The largest absolute Gasteiger partial charge is 0.480 e. The van der Waals surface area contributed by atoms with Crippen molar-refractivity contribution in [1.82, 2.24) is 25.8 Å². The van der Waals surface area contributed by atoms with Crippen molar-refractivity contribution in [3.05, 3.63) is 0 Å². The summed E-state index contributed by atoms with van der Waals surface area (Å²) < 4.78 is 0. The summed E-state index contributed by atoms with van der Waals surface area (Å²) in [6.45, 7) is 10.2. The quantitative estimate of drug-likeness (QED) is 0.115. The molecule has 9 atom stereocenters. The molecule has 250 valence electrons. The van der Waals surface area contributed by atoms with Gasteiger partial charge in [-0.3, -0.25) is 24.0 Å². The summed E-state index contributed by atoms with van der Waals surface area (Å²) in [7, 11) is 0. The molecule has 2 saturated heterocycles. The van der Waals surface area contributed by atoms with E-state index in [4.69, 9.17) is 5.73 Å². The molecule has 2 aliphatic heterocycles. The number of hydrogen-bond acceptors (Lipinski definition) is 9. The number of carboxylic acid groups (broad SMARTS) is 1. The average molecular weight is 627 g/mol. The Morgan fingerprint density at radius 1 is 0.750 bits per heavy atom. The fourth-order valence-corrected chi connectivity index (χ4v) is 5.48. The van der Waals surface area contributed by atoms with Crippen LogP contribution in [-0.4, -0.2) is 122 Å². The van der Waals surface area contributed by atoms with Gasteiger partial charge in [-0.2, -0.15) is 0 Å². The Labute approximate surface area is 258 Å². The fraction of sp³-hybridized carbons (Fsp3) is 0.793. The van der Waals surface area contributed by atoms with Crippen LogP contribution in [0.15, 0.2) is 0 Å². The van der Waals surface area contributed by atoms with Crippen LogP contribution < -0.4 is 21.7 Å². The number of aliphatic hydroxyl groups is 2. The molecular weight excluding hydrogens is 576 g/mol. The summed E-state index contributed by atoms with van der Waals surface area (Å²) in [4.78, 5) is 80.5. The summed E-state index contributed by atoms with van der Waals surface area (Å²) in [6.07, 6.45) is -0.648. The highest BCUT2D eigenvalue weighted by atomic mass is 16.4. The van der Waals surface area contributed by atoms with E-state index in [2.05, 4.69) is 16.0 Å². The molecule has 2 rings (SSSR count). The van der Waals surface area contributed by atoms with Gasteiger partial charge < -0.3 is 46.8 Å². The van der Waals surface area contributed by atoms with Gasteiger partial charge in [-0.05, 0) is 51.4 Å². The first kappa shape index (κ1) is 36.9. The maximum Gasteiger partial charge on any atom is 0.328 e. The lowest BCUT2D eigenvalue weighted by atomic mass is 9.96. The molecule has 0 aromatic heterocycles. The van der Waals surface area contributed by atoms with Gasteiger partial charge in [0.1, 0.15) is 24.2 Å². The van der Waals surface area contributed by atoms with Crippen molar-refractivity contribution in [2.75, 3.05) is 13.1 Å². The van der Waals surface area contributed by atoms with E-state index < -0.39 is 78.1 Å². The Balaban J connectivity index is 2.21. The molecule has 0 radical (unpaired) electrons. The molecular formula is C29H50N6O9. The Morgan fingerprint density at radius 2 is 1.20 bits per heavy atom. The minimum absolute atomic E-state index is 0.123. The van der Waals surface area contributed by atoms with Gasteiger partial charge in [0.2, 0.25) is 29.5 Å². The predicted molar refractivity (Wildman–Crippen MR) is 159 cm³/mol. The van der Waals surface area contributed by atoms with Crippen LogP contribution >= 0.6 is 0 Å². The maximum absolute atomic E-state index is 13.6. The second-order valence-corrected chi connectivity index (χ2v) is 12.3. The van der Waals surface area contributed by atoms with E-state index >= 15 is 0 Å². The molecule has 0 aromatic rings. The summed E-state index contributed by atoms with van der Waals surface area (Å²) in [6, 6.07) is -6.80. The van der Waals surface area contributed by atoms with Gasteiger partial charge in [0, 0.05) is 13.1 Å². The third-order valence-corrected chi connectivity index (χ3v) is 8.57. The van der Waals surface area contributed by atoms with E-state index in [0.29, 0.717) is 32.2 Å². The molecule has 5 amide bonds. The fourth-order valence-electron chi connectivity index (χ4n) is 5.48. The lowest BCUT2D eigenvalue weighted by Gasteiger charge is -2.33. The van der Waals surface area contributed by atoms with Crippen molar-refractivity contribution < 1.29 is 44.1 Å². The highest BCUT2D eigenvalue weighted by Gasteiger charge is 2.43. The van der Waals surface area contributed by atoms with Crippen LogP contribution in [0.2, 0.25) is 0 Å². The zero-order chi connectivity index (χ0) is 33.5. The lowest BCUT2D eigenvalue weighted by molar-refractivity contribution is -0.148. The maximum atomic E-state index is 13.6. The normalized spacial score (nSPS) is 23.2. The van der Waals surface area contributed by atoms with Crippen molar-refractivity contribution in [2.45, 2.75) is 122 Å². The molecule has 44 heavy (non-hydrogen) atoms. The van der Waals surface area contributed by atoms with Crippen LogP contribution in [0, 0.1) is 11.8 Å². The van der Waals surface area contributed by atoms with Crippen LogP contribution in [0.5, 0.6) is 0 Å². The molecule has 0 unspecified atom stereocenters. The third kappa shape index (κ3) is 8.88. The van der Waals surface area contributed by atoms with E-state index in [1.165, 1.54) is 23.6 Å². The first-order valence-corrected chi connectivity index (χ1v) is 15.4. The lowest BCUT2D eigenvalue weighted by Crippen LogP contribution is -2.62. The summed E-state index contributed by atoms with van der Waals surface area (Å²) in [5.74, 6) is -5.06. The number of carboxylic acids is 1. The highest BCUT2D eigenvalue weighted by Crippen LogP contribution is 2.22. The zero-order valence-corrected chi connectivity index (χ0v) is 26.5. The van der Waals surface area contributed by atoms with Gasteiger partial charge >= 0.3 is 5.97 Å². The van der Waals surface area contributed by atoms with Gasteiger partial charge in [-0.15, -0.1) is 0 Å². The molecule has 8 N–H and O–H groups in total. The van der Waals surface area contributed by atoms with Crippen molar-refractivity contribution in [3.63, 3.8) is 0 Å². The average Bonchev–Trinajstić information content (AvgIpc) is 3.65. The van der Waals surface area contributed by atoms with Crippen molar-refractivity contribution in [1.29, 1.82) is 0 Å². The van der Waals surface area contributed by atoms with Gasteiger partial charge in [0.15, 0.2) is 6.04 Å². The minimum atomic E-state index is -1.58. The number of rotatable bonds is 14. The van der Waals surface area contributed by atoms with E-state index in [-0.39, 0.29) is 30.7 Å². The molecule has 2 heterocycles. The molecule has 15 heteroatoms. The number of amides is 5. The molecule has 15 nitrogen and oxygen atoms in total. The van der Waals surface area contributed by atoms with Gasteiger partial charge in [-0.1, -0.05) is 34.1 Å². The summed E-state index contributed by atoms with van der Waals surface area (Å²) in [5.41, 5.74) is 6.05. The van der Waals surface area contributed by atoms with Crippen LogP contribution in [0.25, 0.3) is 0 Å². The van der Waals surface area contributed by atoms with Crippen LogP contribution in [-0.2, 0) is 28.8 Å². The monoisotopic (exact) mass is 626 g/mol. The Kier molecular flexibility index (Phi) is 13.5.